The van der Waals surface area contributed by atoms with E-state index >= 15 is 0 Å². The Morgan fingerprint density at radius 2 is 1.34 bits per heavy atom. The van der Waals surface area contributed by atoms with E-state index in [1.54, 1.807) is 12.1 Å². The van der Waals surface area contributed by atoms with Gasteiger partial charge in [-0.05, 0) is 54.2 Å². The molecular weight excluding hydrogens is 400 g/mol. The lowest BCUT2D eigenvalue weighted by Gasteiger charge is -2.08. The van der Waals surface area contributed by atoms with Gasteiger partial charge in [0.15, 0.2) is 0 Å². The van der Waals surface area contributed by atoms with Crippen LogP contribution in [0.2, 0.25) is 0 Å². The van der Waals surface area contributed by atoms with Crippen molar-refractivity contribution in [1.29, 1.82) is 0 Å². The molecule has 0 heterocycles. The molecule has 0 radical (unpaired) electrons. The third-order valence-corrected chi connectivity index (χ3v) is 5.45. The number of esters is 2. The number of ether oxygens (including phenoxy) is 2. The Bertz CT molecular complexity index is 806. The van der Waals surface area contributed by atoms with E-state index in [2.05, 4.69) is 20.8 Å². The van der Waals surface area contributed by atoms with E-state index in [-0.39, 0.29) is 11.9 Å². The van der Waals surface area contributed by atoms with Crippen LogP contribution in [0.1, 0.15) is 88.9 Å². The normalized spacial score (nSPS) is 10.9. The molecule has 0 saturated heterocycles. The van der Waals surface area contributed by atoms with E-state index in [4.69, 9.17) is 9.47 Å². The third-order valence-electron chi connectivity index (χ3n) is 5.45. The summed E-state index contributed by atoms with van der Waals surface area (Å²) >= 11 is 0. The van der Waals surface area contributed by atoms with Crippen molar-refractivity contribution in [3.05, 3.63) is 54.1 Å². The lowest BCUT2D eigenvalue weighted by atomic mass is 10.0. The van der Waals surface area contributed by atoms with E-state index < -0.39 is 0 Å². The second-order valence-electron chi connectivity index (χ2n) is 8.77. The smallest absolute Gasteiger partial charge is 0.338 e. The molecule has 0 aliphatic rings. The predicted molar refractivity (Wildman–Crippen MR) is 130 cm³/mol. The molecule has 32 heavy (non-hydrogen) atoms. The zero-order chi connectivity index (χ0) is 23.2. The highest BCUT2D eigenvalue weighted by Crippen LogP contribution is 2.23. The highest BCUT2D eigenvalue weighted by Gasteiger charge is 2.09. The molecule has 0 unspecified atom stereocenters. The molecule has 2 aromatic rings. The van der Waals surface area contributed by atoms with Crippen LogP contribution in [0.25, 0.3) is 11.1 Å². The number of carbonyl (C=O) groups is 2. The minimum Gasteiger partial charge on any atom is -0.462 e. The fraction of sp³-hybridized carbons (Fsp3) is 0.500. The molecule has 0 aromatic heterocycles. The third kappa shape index (κ3) is 9.67. The van der Waals surface area contributed by atoms with E-state index in [1.807, 2.05) is 36.4 Å². The molecule has 0 amide bonds. The maximum absolute atomic E-state index is 12.1. The summed E-state index contributed by atoms with van der Waals surface area (Å²) in [6.07, 6.45) is 9.58. The molecule has 0 spiro atoms. The van der Waals surface area contributed by atoms with Gasteiger partial charge in [-0.15, -0.1) is 0 Å². The monoisotopic (exact) mass is 438 g/mol. The lowest BCUT2D eigenvalue weighted by Crippen LogP contribution is -2.08. The van der Waals surface area contributed by atoms with Crippen molar-refractivity contribution in [2.24, 2.45) is 5.92 Å². The fourth-order valence-electron chi connectivity index (χ4n) is 3.39. The zero-order valence-electron chi connectivity index (χ0n) is 19.9. The van der Waals surface area contributed by atoms with Crippen LogP contribution in [0.4, 0.5) is 0 Å². The maximum atomic E-state index is 12.1. The second-order valence-corrected chi connectivity index (χ2v) is 8.77. The van der Waals surface area contributed by atoms with Gasteiger partial charge in [-0.1, -0.05) is 83.6 Å². The van der Waals surface area contributed by atoms with Crippen LogP contribution in [-0.2, 0) is 9.53 Å². The second kappa shape index (κ2) is 14.4. The van der Waals surface area contributed by atoms with Gasteiger partial charge in [-0.2, -0.15) is 0 Å². The molecule has 0 aliphatic heterocycles. The minimum atomic E-state index is -0.291. The lowest BCUT2D eigenvalue weighted by molar-refractivity contribution is -0.134. The number of unbranched alkanes of at least 4 members (excludes halogenated alkanes) is 6. The van der Waals surface area contributed by atoms with Gasteiger partial charge in [-0.3, -0.25) is 4.79 Å². The van der Waals surface area contributed by atoms with Gasteiger partial charge >= 0.3 is 11.9 Å². The molecule has 174 valence electrons. The van der Waals surface area contributed by atoms with Crippen LogP contribution in [0.15, 0.2) is 48.5 Å². The Kier molecular flexibility index (Phi) is 11.6. The van der Waals surface area contributed by atoms with Crippen molar-refractivity contribution in [2.45, 2.75) is 78.6 Å². The molecule has 0 bridgehead atoms. The maximum Gasteiger partial charge on any atom is 0.338 e. The summed E-state index contributed by atoms with van der Waals surface area (Å²) in [7, 11) is 0. The van der Waals surface area contributed by atoms with Gasteiger partial charge in [0.25, 0.3) is 0 Å². The molecular formula is C28H38O4. The molecule has 4 heteroatoms. The first-order valence-corrected chi connectivity index (χ1v) is 12.1. The summed E-state index contributed by atoms with van der Waals surface area (Å²) in [5, 5.41) is 0. The largest absolute Gasteiger partial charge is 0.462 e. The number of hydrogen-bond acceptors (Lipinski definition) is 4. The topological polar surface area (TPSA) is 52.6 Å². The van der Waals surface area contributed by atoms with Gasteiger partial charge < -0.3 is 9.47 Å². The van der Waals surface area contributed by atoms with Crippen molar-refractivity contribution >= 4 is 11.9 Å². The van der Waals surface area contributed by atoms with Crippen molar-refractivity contribution in [2.75, 3.05) is 6.61 Å². The number of benzene rings is 2. The van der Waals surface area contributed by atoms with Gasteiger partial charge in [0.2, 0.25) is 0 Å². The Hall–Kier alpha value is -2.62. The fourth-order valence-corrected chi connectivity index (χ4v) is 3.39. The summed E-state index contributed by atoms with van der Waals surface area (Å²) in [5.41, 5.74) is 2.54. The van der Waals surface area contributed by atoms with Crippen molar-refractivity contribution in [1.82, 2.24) is 0 Å². The Morgan fingerprint density at radius 1 is 0.781 bits per heavy atom. The zero-order valence-corrected chi connectivity index (χ0v) is 19.9. The first-order valence-electron chi connectivity index (χ1n) is 12.1. The van der Waals surface area contributed by atoms with Crippen molar-refractivity contribution < 1.29 is 19.1 Å². The minimum absolute atomic E-state index is 0.174. The quantitative estimate of drug-likeness (QED) is 0.173. The van der Waals surface area contributed by atoms with Gasteiger partial charge in [-0.25, -0.2) is 4.79 Å². The molecule has 4 nitrogen and oxygen atoms in total. The van der Waals surface area contributed by atoms with Crippen LogP contribution in [0.3, 0.4) is 0 Å². The Labute approximate surface area is 193 Å². The molecule has 0 saturated carbocycles. The highest BCUT2D eigenvalue weighted by atomic mass is 16.5. The van der Waals surface area contributed by atoms with Crippen LogP contribution in [0, 0.1) is 5.92 Å². The van der Waals surface area contributed by atoms with E-state index in [0.717, 1.165) is 30.4 Å². The molecule has 2 aromatic carbocycles. The summed E-state index contributed by atoms with van der Waals surface area (Å²) in [4.78, 5) is 24.2. The van der Waals surface area contributed by atoms with Gasteiger partial charge in [0.1, 0.15) is 5.75 Å². The van der Waals surface area contributed by atoms with Gasteiger partial charge in [0, 0.05) is 6.42 Å². The van der Waals surface area contributed by atoms with Crippen LogP contribution in [0.5, 0.6) is 5.75 Å². The highest BCUT2D eigenvalue weighted by molar-refractivity contribution is 5.90. The van der Waals surface area contributed by atoms with Crippen molar-refractivity contribution in [3.63, 3.8) is 0 Å². The molecule has 2 rings (SSSR count). The predicted octanol–water partition coefficient (Wildman–Crippen LogP) is 7.60. The Morgan fingerprint density at radius 3 is 1.94 bits per heavy atom. The van der Waals surface area contributed by atoms with E-state index in [9.17, 15) is 9.59 Å². The molecule has 0 atom stereocenters. The number of hydrogen-bond donors (Lipinski definition) is 0. The average molecular weight is 439 g/mol. The molecule has 0 aliphatic carbocycles. The standard InChI is InChI=1S/C28H38O4/c1-4-5-6-7-8-9-10-11-27(29)32-26-18-16-24(17-19-26)23-12-14-25(15-13-23)28(30)31-21-20-22(2)3/h12-19,22H,4-11,20-21H2,1-3H3. The summed E-state index contributed by atoms with van der Waals surface area (Å²) in [5.74, 6) is 0.604. The number of rotatable bonds is 14. The molecule has 0 N–H and O–H groups in total. The SMILES string of the molecule is CCCCCCCCCC(=O)Oc1ccc(-c2ccc(C(=O)OCCC(C)C)cc2)cc1. The van der Waals surface area contributed by atoms with Crippen LogP contribution < -0.4 is 4.74 Å². The van der Waals surface area contributed by atoms with Gasteiger partial charge in [0.05, 0.1) is 12.2 Å². The average Bonchev–Trinajstić information content (AvgIpc) is 2.79. The van der Waals surface area contributed by atoms with Crippen LogP contribution in [-0.4, -0.2) is 18.5 Å². The number of carbonyl (C=O) groups excluding carboxylic acids is 2. The first-order chi connectivity index (χ1) is 15.5. The molecule has 0 fully saturated rings. The Balaban J connectivity index is 1.77. The summed E-state index contributed by atoms with van der Waals surface area (Å²) in [6.45, 7) is 6.86. The first kappa shape index (κ1) is 25.6. The summed E-state index contributed by atoms with van der Waals surface area (Å²) < 4.78 is 10.8. The summed E-state index contributed by atoms with van der Waals surface area (Å²) in [6, 6.07) is 14.8. The van der Waals surface area contributed by atoms with Crippen molar-refractivity contribution in [3.8, 4) is 16.9 Å². The van der Waals surface area contributed by atoms with E-state index in [1.165, 1.54) is 32.1 Å². The van der Waals surface area contributed by atoms with Crippen LogP contribution >= 0.6 is 0 Å². The van der Waals surface area contributed by atoms with E-state index in [0.29, 0.717) is 30.3 Å².